The van der Waals surface area contributed by atoms with Gasteiger partial charge in [0.1, 0.15) is 0 Å². The molecular formula is C40H27NS. The lowest BCUT2D eigenvalue weighted by atomic mass is 10.00. The van der Waals surface area contributed by atoms with Gasteiger partial charge in [0.15, 0.2) is 0 Å². The van der Waals surface area contributed by atoms with Crippen molar-refractivity contribution in [2.45, 2.75) is 0 Å². The Bertz CT molecular complexity index is 2190. The zero-order chi connectivity index (χ0) is 27.9. The molecule has 0 N–H and O–H groups in total. The number of thiophene rings is 1. The van der Waals surface area contributed by atoms with Crippen LogP contribution in [0.3, 0.4) is 0 Å². The molecule has 8 rings (SSSR count). The standard InChI is InChI=1S/C40H27NS/c1-2-9-28(10-3-1)30-19-21-34(22-20-30)41(36-23-24-38-37-15-6-7-16-39(37)42-40(38)27-36)35-14-8-13-32(26-35)33-18-17-29-11-4-5-12-31(29)25-33/h1-27H. The van der Waals surface area contributed by atoms with E-state index in [1.165, 1.54) is 53.2 Å². The van der Waals surface area contributed by atoms with Crippen LogP contribution in [0.2, 0.25) is 0 Å². The summed E-state index contributed by atoms with van der Waals surface area (Å²) in [6.45, 7) is 0. The average Bonchev–Trinajstić information content (AvgIpc) is 3.43. The summed E-state index contributed by atoms with van der Waals surface area (Å²) in [5.74, 6) is 0. The lowest BCUT2D eigenvalue weighted by Crippen LogP contribution is -2.09. The number of benzene rings is 7. The smallest absolute Gasteiger partial charge is 0.0476 e. The van der Waals surface area contributed by atoms with Crippen molar-refractivity contribution in [3.63, 3.8) is 0 Å². The van der Waals surface area contributed by atoms with Crippen molar-refractivity contribution in [2.75, 3.05) is 4.90 Å². The lowest BCUT2D eigenvalue weighted by Gasteiger charge is -2.26. The van der Waals surface area contributed by atoms with Crippen molar-refractivity contribution in [3.05, 3.63) is 164 Å². The predicted molar refractivity (Wildman–Crippen MR) is 182 cm³/mol. The summed E-state index contributed by atoms with van der Waals surface area (Å²) in [4.78, 5) is 2.38. The molecule has 0 radical (unpaired) electrons. The van der Waals surface area contributed by atoms with E-state index in [4.69, 9.17) is 0 Å². The monoisotopic (exact) mass is 553 g/mol. The molecule has 0 atom stereocenters. The van der Waals surface area contributed by atoms with Crippen molar-refractivity contribution in [3.8, 4) is 22.3 Å². The van der Waals surface area contributed by atoms with Gasteiger partial charge in [-0.05, 0) is 81.6 Å². The van der Waals surface area contributed by atoms with Crippen LogP contribution in [0.4, 0.5) is 17.1 Å². The topological polar surface area (TPSA) is 3.24 Å². The highest BCUT2D eigenvalue weighted by molar-refractivity contribution is 7.25. The number of nitrogens with zero attached hydrogens (tertiary/aromatic N) is 1. The van der Waals surface area contributed by atoms with Crippen LogP contribution in [0.15, 0.2) is 164 Å². The molecule has 2 heteroatoms. The fourth-order valence-electron chi connectivity index (χ4n) is 5.93. The van der Waals surface area contributed by atoms with Crippen LogP contribution in [-0.2, 0) is 0 Å². The molecule has 0 aliphatic heterocycles. The molecule has 1 aromatic heterocycles. The molecule has 0 unspecified atom stereocenters. The lowest BCUT2D eigenvalue weighted by molar-refractivity contribution is 1.29. The van der Waals surface area contributed by atoms with E-state index in [-0.39, 0.29) is 0 Å². The van der Waals surface area contributed by atoms with Gasteiger partial charge in [0.05, 0.1) is 0 Å². The number of hydrogen-bond donors (Lipinski definition) is 0. The van der Waals surface area contributed by atoms with Crippen LogP contribution in [0.5, 0.6) is 0 Å². The Morgan fingerprint density at radius 2 is 0.952 bits per heavy atom. The second kappa shape index (κ2) is 10.3. The maximum Gasteiger partial charge on any atom is 0.0476 e. The molecule has 0 saturated carbocycles. The van der Waals surface area contributed by atoms with E-state index in [0.29, 0.717) is 0 Å². The van der Waals surface area contributed by atoms with Crippen LogP contribution in [0.25, 0.3) is 53.2 Å². The van der Waals surface area contributed by atoms with Gasteiger partial charge >= 0.3 is 0 Å². The van der Waals surface area contributed by atoms with Gasteiger partial charge in [-0.2, -0.15) is 0 Å². The average molecular weight is 554 g/mol. The quantitative estimate of drug-likeness (QED) is 0.205. The first-order chi connectivity index (χ1) is 20.8. The van der Waals surface area contributed by atoms with Crippen molar-refractivity contribution < 1.29 is 0 Å². The van der Waals surface area contributed by atoms with Gasteiger partial charge in [0.25, 0.3) is 0 Å². The summed E-state index contributed by atoms with van der Waals surface area (Å²) in [7, 11) is 0. The van der Waals surface area contributed by atoms with Gasteiger partial charge in [0.2, 0.25) is 0 Å². The molecule has 42 heavy (non-hydrogen) atoms. The molecule has 0 aliphatic carbocycles. The molecule has 0 bridgehead atoms. The van der Waals surface area contributed by atoms with Gasteiger partial charge in [-0.3, -0.25) is 0 Å². The normalized spacial score (nSPS) is 11.3. The molecule has 8 aromatic rings. The molecule has 198 valence electrons. The molecule has 1 nitrogen and oxygen atoms in total. The number of rotatable bonds is 5. The summed E-state index contributed by atoms with van der Waals surface area (Å²) in [5, 5.41) is 5.14. The van der Waals surface area contributed by atoms with Crippen LogP contribution < -0.4 is 4.90 Å². The Morgan fingerprint density at radius 1 is 0.333 bits per heavy atom. The molecule has 0 saturated heterocycles. The first kappa shape index (κ1) is 24.6. The molecule has 0 aliphatic rings. The van der Waals surface area contributed by atoms with E-state index in [1.54, 1.807) is 0 Å². The van der Waals surface area contributed by atoms with Crippen LogP contribution in [0.1, 0.15) is 0 Å². The Labute approximate surface area is 249 Å². The van der Waals surface area contributed by atoms with Crippen molar-refractivity contribution in [2.24, 2.45) is 0 Å². The van der Waals surface area contributed by atoms with Gasteiger partial charge in [-0.15, -0.1) is 11.3 Å². The van der Waals surface area contributed by atoms with Gasteiger partial charge in [-0.1, -0.05) is 115 Å². The molecule has 0 spiro atoms. The van der Waals surface area contributed by atoms with E-state index in [0.717, 1.165) is 17.1 Å². The zero-order valence-electron chi connectivity index (χ0n) is 22.9. The van der Waals surface area contributed by atoms with E-state index < -0.39 is 0 Å². The minimum atomic E-state index is 1.13. The van der Waals surface area contributed by atoms with Crippen molar-refractivity contribution in [1.29, 1.82) is 0 Å². The number of hydrogen-bond acceptors (Lipinski definition) is 2. The van der Waals surface area contributed by atoms with Gasteiger partial charge in [0, 0.05) is 37.2 Å². The number of fused-ring (bicyclic) bond motifs is 4. The van der Waals surface area contributed by atoms with Crippen LogP contribution in [-0.4, -0.2) is 0 Å². The Kier molecular flexibility index (Phi) is 6.05. The Balaban J connectivity index is 1.27. The van der Waals surface area contributed by atoms with Gasteiger partial charge in [-0.25, -0.2) is 0 Å². The largest absolute Gasteiger partial charge is 0.310 e. The van der Waals surface area contributed by atoms with E-state index >= 15 is 0 Å². The first-order valence-electron chi connectivity index (χ1n) is 14.3. The molecule has 0 fully saturated rings. The summed E-state index contributed by atoms with van der Waals surface area (Å²) < 4.78 is 2.62. The first-order valence-corrected chi connectivity index (χ1v) is 15.1. The summed E-state index contributed by atoms with van der Waals surface area (Å²) in [5.41, 5.74) is 8.27. The third kappa shape index (κ3) is 4.43. The minimum absolute atomic E-state index is 1.13. The van der Waals surface area contributed by atoms with Crippen molar-refractivity contribution in [1.82, 2.24) is 0 Å². The van der Waals surface area contributed by atoms with E-state index in [1.807, 2.05) is 11.3 Å². The summed E-state index contributed by atoms with van der Waals surface area (Å²) in [6.07, 6.45) is 0. The summed E-state index contributed by atoms with van der Waals surface area (Å²) in [6, 6.07) is 59.2. The molecular weight excluding hydrogens is 527 g/mol. The molecule has 1 heterocycles. The Morgan fingerprint density at radius 3 is 1.83 bits per heavy atom. The van der Waals surface area contributed by atoms with Crippen LogP contribution >= 0.6 is 11.3 Å². The zero-order valence-corrected chi connectivity index (χ0v) is 23.8. The highest BCUT2D eigenvalue weighted by Crippen LogP contribution is 2.41. The maximum atomic E-state index is 2.38. The molecule has 0 amide bonds. The fraction of sp³-hybridized carbons (Fsp3) is 0. The predicted octanol–water partition coefficient (Wildman–Crippen LogP) is 12.0. The number of anilines is 3. The van der Waals surface area contributed by atoms with Crippen molar-refractivity contribution >= 4 is 59.3 Å². The fourth-order valence-corrected chi connectivity index (χ4v) is 7.07. The molecule has 7 aromatic carbocycles. The Hall–Kier alpha value is -5.18. The second-order valence-electron chi connectivity index (χ2n) is 10.6. The second-order valence-corrected chi connectivity index (χ2v) is 11.7. The highest BCUT2D eigenvalue weighted by atomic mass is 32.1. The highest BCUT2D eigenvalue weighted by Gasteiger charge is 2.16. The SMILES string of the molecule is c1ccc(-c2ccc(N(c3cccc(-c4ccc5ccccc5c4)c3)c3ccc4c(c3)sc3ccccc34)cc2)cc1. The van der Waals surface area contributed by atoms with E-state index in [9.17, 15) is 0 Å². The third-order valence-electron chi connectivity index (χ3n) is 8.04. The summed E-state index contributed by atoms with van der Waals surface area (Å²) >= 11 is 1.86. The van der Waals surface area contributed by atoms with Gasteiger partial charge < -0.3 is 4.90 Å². The third-order valence-corrected chi connectivity index (χ3v) is 9.17. The van der Waals surface area contributed by atoms with E-state index in [2.05, 4.69) is 169 Å². The maximum absolute atomic E-state index is 2.38. The minimum Gasteiger partial charge on any atom is -0.310 e. The van der Waals surface area contributed by atoms with Crippen LogP contribution in [0, 0.1) is 0 Å².